The van der Waals surface area contributed by atoms with Crippen LogP contribution >= 0.6 is 0 Å². The van der Waals surface area contributed by atoms with Gasteiger partial charge in [-0.25, -0.2) is 0 Å². The lowest BCUT2D eigenvalue weighted by Crippen LogP contribution is -2.51. The van der Waals surface area contributed by atoms with Gasteiger partial charge in [0.15, 0.2) is 0 Å². The summed E-state index contributed by atoms with van der Waals surface area (Å²) in [5.41, 5.74) is 2.43. The SMILES string of the molecule is Cc1ccc(CN(C)C(=O)CN2CCN[C@@H](C)C2)cc1. The molecule has 20 heavy (non-hydrogen) atoms. The zero-order valence-corrected chi connectivity index (χ0v) is 12.7. The first-order valence-electron chi connectivity index (χ1n) is 7.30. The average Bonchev–Trinajstić information content (AvgIpc) is 2.41. The molecule has 1 aromatic rings. The minimum absolute atomic E-state index is 0.194. The second kappa shape index (κ2) is 6.86. The van der Waals surface area contributed by atoms with E-state index in [-0.39, 0.29) is 5.91 Å². The Morgan fingerprint density at radius 2 is 2.10 bits per heavy atom. The molecule has 1 heterocycles. The van der Waals surface area contributed by atoms with E-state index < -0.39 is 0 Å². The van der Waals surface area contributed by atoms with Gasteiger partial charge in [-0.1, -0.05) is 29.8 Å². The van der Waals surface area contributed by atoms with Gasteiger partial charge in [0.1, 0.15) is 0 Å². The number of rotatable bonds is 4. The van der Waals surface area contributed by atoms with Crippen LogP contribution in [-0.4, -0.2) is 55.0 Å². The first kappa shape index (κ1) is 15.0. The first-order valence-corrected chi connectivity index (χ1v) is 7.30. The Kier molecular flexibility index (Phi) is 5.15. The predicted molar refractivity (Wildman–Crippen MR) is 81.6 cm³/mol. The molecule has 1 aromatic carbocycles. The van der Waals surface area contributed by atoms with Crippen LogP contribution in [0.15, 0.2) is 24.3 Å². The molecule has 0 spiro atoms. The molecule has 0 radical (unpaired) electrons. The van der Waals surface area contributed by atoms with E-state index >= 15 is 0 Å². The van der Waals surface area contributed by atoms with Gasteiger partial charge in [-0.15, -0.1) is 0 Å². The Balaban J connectivity index is 1.83. The number of nitrogens with one attached hydrogen (secondary N) is 1. The van der Waals surface area contributed by atoms with E-state index in [4.69, 9.17) is 0 Å². The quantitative estimate of drug-likeness (QED) is 0.898. The highest BCUT2D eigenvalue weighted by Gasteiger charge is 2.19. The fraction of sp³-hybridized carbons (Fsp3) is 0.562. The zero-order valence-electron chi connectivity index (χ0n) is 12.7. The lowest BCUT2D eigenvalue weighted by Gasteiger charge is -2.32. The summed E-state index contributed by atoms with van der Waals surface area (Å²) in [4.78, 5) is 16.3. The topological polar surface area (TPSA) is 35.6 Å². The van der Waals surface area contributed by atoms with E-state index in [1.165, 1.54) is 11.1 Å². The first-order chi connectivity index (χ1) is 9.54. The van der Waals surface area contributed by atoms with Gasteiger partial charge in [-0.3, -0.25) is 9.69 Å². The maximum Gasteiger partial charge on any atom is 0.236 e. The van der Waals surface area contributed by atoms with E-state index in [2.05, 4.69) is 48.3 Å². The van der Waals surface area contributed by atoms with Crippen LogP contribution in [0.4, 0.5) is 0 Å². The van der Waals surface area contributed by atoms with Gasteiger partial charge in [-0.05, 0) is 19.4 Å². The lowest BCUT2D eigenvalue weighted by atomic mass is 10.1. The number of likely N-dealkylation sites (N-methyl/N-ethyl adjacent to an activating group) is 1. The van der Waals surface area contributed by atoms with Gasteiger partial charge in [0.2, 0.25) is 5.91 Å². The Bertz CT molecular complexity index is 444. The van der Waals surface area contributed by atoms with E-state index in [0.717, 1.165) is 19.6 Å². The van der Waals surface area contributed by atoms with Crippen molar-refractivity contribution in [1.29, 1.82) is 0 Å². The average molecular weight is 275 g/mol. The molecule has 0 aromatic heterocycles. The molecule has 1 atom stereocenters. The van der Waals surface area contributed by atoms with E-state index in [9.17, 15) is 4.79 Å². The third kappa shape index (κ3) is 4.32. The van der Waals surface area contributed by atoms with E-state index in [0.29, 0.717) is 19.1 Å². The molecule has 1 fully saturated rings. The Morgan fingerprint density at radius 3 is 2.75 bits per heavy atom. The third-order valence-electron chi connectivity index (χ3n) is 3.78. The van der Waals surface area contributed by atoms with Crippen molar-refractivity contribution in [2.75, 3.05) is 33.2 Å². The minimum Gasteiger partial charge on any atom is -0.340 e. The molecular weight excluding hydrogens is 250 g/mol. The largest absolute Gasteiger partial charge is 0.340 e. The monoisotopic (exact) mass is 275 g/mol. The summed E-state index contributed by atoms with van der Waals surface area (Å²) in [7, 11) is 1.88. The van der Waals surface area contributed by atoms with Crippen molar-refractivity contribution in [3.05, 3.63) is 35.4 Å². The number of carbonyl (C=O) groups is 1. The highest BCUT2D eigenvalue weighted by molar-refractivity contribution is 5.78. The fourth-order valence-electron chi connectivity index (χ4n) is 2.52. The predicted octanol–water partition coefficient (Wildman–Crippen LogP) is 1.25. The number of piperazine rings is 1. The van der Waals surface area contributed by atoms with Crippen molar-refractivity contribution in [1.82, 2.24) is 15.1 Å². The van der Waals surface area contributed by atoms with Crippen molar-refractivity contribution in [2.24, 2.45) is 0 Å². The summed E-state index contributed by atoms with van der Waals surface area (Å²) in [5.74, 6) is 0.194. The van der Waals surface area contributed by atoms with Crippen LogP contribution in [0.5, 0.6) is 0 Å². The number of hydrogen-bond acceptors (Lipinski definition) is 3. The second-order valence-corrected chi connectivity index (χ2v) is 5.83. The summed E-state index contributed by atoms with van der Waals surface area (Å²) >= 11 is 0. The molecule has 1 saturated heterocycles. The van der Waals surface area contributed by atoms with Crippen LogP contribution in [-0.2, 0) is 11.3 Å². The molecule has 1 aliphatic heterocycles. The molecule has 4 nitrogen and oxygen atoms in total. The van der Waals surface area contributed by atoms with Gasteiger partial charge in [0.05, 0.1) is 6.54 Å². The number of amides is 1. The molecule has 1 N–H and O–H groups in total. The van der Waals surface area contributed by atoms with Crippen molar-refractivity contribution in [3.8, 4) is 0 Å². The van der Waals surface area contributed by atoms with Gasteiger partial charge in [0.25, 0.3) is 0 Å². The highest BCUT2D eigenvalue weighted by Crippen LogP contribution is 2.07. The number of benzene rings is 1. The van der Waals surface area contributed by atoms with Crippen LogP contribution in [0.3, 0.4) is 0 Å². The lowest BCUT2D eigenvalue weighted by molar-refractivity contribution is -0.131. The van der Waals surface area contributed by atoms with E-state index in [1.54, 1.807) is 0 Å². The minimum atomic E-state index is 0.194. The maximum atomic E-state index is 12.3. The van der Waals surface area contributed by atoms with Crippen LogP contribution < -0.4 is 5.32 Å². The number of carbonyl (C=O) groups excluding carboxylic acids is 1. The maximum absolute atomic E-state index is 12.3. The smallest absolute Gasteiger partial charge is 0.236 e. The number of hydrogen-bond donors (Lipinski definition) is 1. The number of aryl methyl sites for hydroxylation is 1. The van der Waals surface area contributed by atoms with Crippen molar-refractivity contribution < 1.29 is 4.79 Å². The van der Waals surface area contributed by atoms with Crippen LogP contribution in [0.2, 0.25) is 0 Å². The van der Waals surface area contributed by atoms with Gasteiger partial charge in [-0.2, -0.15) is 0 Å². The van der Waals surface area contributed by atoms with E-state index in [1.807, 2.05) is 11.9 Å². The van der Waals surface area contributed by atoms with Crippen molar-refractivity contribution >= 4 is 5.91 Å². The molecule has 0 saturated carbocycles. The molecule has 0 bridgehead atoms. The third-order valence-corrected chi connectivity index (χ3v) is 3.78. The summed E-state index contributed by atoms with van der Waals surface area (Å²) in [6.45, 7) is 8.31. The highest BCUT2D eigenvalue weighted by atomic mass is 16.2. The van der Waals surface area contributed by atoms with Gasteiger partial charge >= 0.3 is 0 Å². The fourth-order valence-corrected chi connectivity index (χ4v) is 2.52. The molecule has 4 heteroatoms. The Morgan fingerprint density at radius 1 is 1.40 bits per heavy atom. The second-order valence-electron chi connectivity index (χ2n) is 5.83. The van der Waals surface area contributed by atoms with Gasteiger partial charge in [0, 0.05) is 39.3 Å². The molecule has 1 aliphatic rings. The Labute approximate surface area is 121 Å². The van der Waals surface area contributed by atoms with Crippen molar-refractivity contribution in [2.45, 2.75) is 26.4 Å². The summed E-state index contributed by atoms with van der Waals surface area (Å²) in [6, 6.07) is 8.83. The normalized spacial score (nSPS) is 19.9. The molecular formula is C16H25N3O. The summed E-state index contributed by atoms with van der Waals surface area (Å²) < 4.78 is 0. The molecule has 2 rings (SSSR count). The van der Waals surface area contributed by atoms with Gasteiger partial charge < -0.3 is 10.2 Å². The molecule has 0 aliphatic carbocycles. The zero-order chi connectivity index (χ0) is 14.5. The molecule has 110 valence electrons. The number of nitrogens with zero attached hydrogens (tertiary/aromatic N) is 2. The van der Waals surface area contributed by atoms with Crippen LogP contribution in [0.1, 0.15) is 18.1 Å². The Hall–Kier alpha value is -1.39. The summed E-state index contributed by atoms with van der Waals surface area (Å²) in [5, 5.41) is 3.39. The van der Waals surface area contributed by atoms with Crippen LogP contribution in [0, 0.1) is 6.92 Å². The van der Waals surface area contributed by atoms with Crippen LogP contribution in [0.25, 0.3) is 0 Å². The standard InChI is InChI=1S/C16H25N3O/c1-13-4-6-15(7-5-13)11-18(3)16(20)12-19-9-8-17-14(2)10-19/h4-7,14,17H,8-12H2,1-3H3/t14-/m0/s1. The molecule has 1 amide bonds. The van der Waals surface area contributed by atoms with Crippen molar-refractivity contribution in [3.63, 3.8) is 0 Å². The summed E-state index contributed by atoms with van der Waals surface area (Å²) in [6.07, 6.45) is 0. The molecule has 0 unspecified atom stereocenters.